The molecule has 0 aromatic heterocycles. The largest absolute Gasteiger partial charge is 0.327 e. The normalized spacial score (nSPS) is 14.6. The van der Waals surface area contributed by atoms with Crippen LogP contribution in [0.4, 0.5) is 0 Å². The van der Waals surface area contributed by atoms with Crippen LogP contribution in [0.25, 0.3) is 0 Å². The smallest absolute Gasteiger partial charge is 0.0113 e. The summed E-state index contributed by atoms with van der Waals surface area (Å²) in [7, 11) is 0. The van der Waals surface area contributed by atoms with E-state index >= 15 is 0 Å². The quantitative estimate of drug-likeness (QED) is 0.481. The van der Waals surface area contributed by atoms with Crippen molar-refractivity contribution in [3.8, 4) is 0 Å². The highest BCUT2D eigenvalue weighted by Gasteiger charge is 1.90. The maximum Gasteiger partial charge on any atom is 0.0113 e. The van der Waals surface area contributed by atoms with Gasteiger partial charge in [0.15, 0.2) is 0 Å². The van der Waals surface area contributed by atoms with E-state index in [1.165, 1.54) is 0 Å². The topological polar surface area (TPSA) is 26.0 Å². The predicted octanol–water partition coefficient (Wildman–Crippen LogP) is 1.64. The van der Waals surface area contributed by atoms with E-state index in [1.54, 1.807) is 0 Å². The van der Waals surface area contributed by atoms with Crippen LogP contribution in [0.15, 0.2) is 12.2 Å². The fourth-order valence-corrected chi connectivity index (χ4v) is 1.25. The predicted molar refractivity (Wildman–Crippen MR) is 45.8 cm³/mol. The summed E-state index contributed by atoms with van der Waals surface area (Å²) in [6, 6.07) is 0.334. The number of rotatable bonds is 4. The molecule has 0 rings (SSSR count). The molecule has 54 valence electrons. The van der Waals surface area contributed by atoms with Gasteiger partial charge in [-0.3, -0.25) is 0 Å². The van der Waals surface area contributed by atoms with E-state index in [4.69, 9.17) is 5.73 Å². The molecule has 0 aromatic rings. The molecule has 0 radical (unpaired) electrons. The second kappa shape index (κ2) is 6.17. The number of thioether (sulfide) groups is 1. The summed E-state index contributed by atoms with van der Waals surface area (Å²) < 4.78 is 0. The Bertz CT molecular complexity index is 79.0. The molecule has 0 bridgehead atoms. The molecule has 1 nitrogen and oxygen atoms in total. The molecular weight excluding hydrogens is 130 g/mol. The van der Waals surface area contributed by atoms with Gasteiger partial charge >= 0.3 is 0 Å². The summed E-state index contributed by atoms with van der Waals surface area (Å²) in [5.41, 5.74) is 5.53. The Morgan fingerprint density at radius 3 is 2.78 bits per heavy atom. The number of hydrogen-bond acceptors (Lipinski definition) is 2. The zero-order valence-electron chi connectivity index (χ0n) is 6.13. The Kier molecular flexibility index (Phi) is 6.21. The third kappa shape index (κ3) is 8.05. The number of nitrogens with two attached hydrogens (primary N) is 1. The monoisotopic (exact) mass is 145 g/mol. The Morgan fingerprint density at radius 2 is 2.33 bits per heavy atom. The Balaban J connectivity index is 2.91. The molecule has 2 N–H and O–H groups in total. The van der Waals surface area contributed by atoms with Crippen molar-refractivity contribution in [2.24, 2.45) is 5.73 Å². The minimum atomic E-state index is 0.334. The van der Waals surface area contributed by atoms with E-state index in [2.05, 4.69) is 12.2 Å². The van der Waals surface area contributed by atoms with Crippen LogP contribution in [0.2, 0.25) is 0 Å². The zero-order valence-corrected chi connectivity index (χ0v) is 6.95. The van der Waals surface area contributed by atoms with Crippen molar-refractivity contribution >= 4 is 11.8 Å². The van der Waals surface area contributed by atoms with Gasteiger partial charge in [0.25, 0.3) is 0 Å². The van der Waals surface area contributed by atoms with Crippen LogP contribution < -0.4 is 5.73 Å². The standard InChI is InChI=1S/C7H15NS/c1-3-4-5-9-6-7(2)8/h3-4,7H,5-6,8H2,1-2H3/b4-3+. The lowest BCUT2D eigenvalue weighted by Crippen LogP contribution is -2.17. The average Bonchev–Trinajstić information content (AvgIpc) is 1.80. The lowest BCUT2D eigenvalue weighted by molar-refractivity contribution is 0.848. The van der Waals surface area contributed by atoms with Crippen molar-refractivity contribution in [1.29, 1.82) is 0 Å². The molecule has 9 heavy (non-hydrogen) atoms. The SMILES string of the molecule is C/C=C/CSCC(C)N. The first-order chi connectivity index (χ1) is 4.27. The third-order valence-electron chi connectivity index (χ3n) is 0.831. The summed E-state index contributed by atoms with van der Waals surface area (Å²) in [6.07, 6.45) is 4.21. The van der Waals surface area contributed by atoms with Gasteiger partial charge in [-0.1, -0.05) is 12.2 Å². The van der Waals surface area contributed by atoms with Crippen molar-refractivity contribution < 1.29 is 0 Å². The van der Waals surface area contributed by atoms with E-state index in [1.807, 2.05) is 25.6 Å². The molecule has 2 heteroatoms. The Hall–Kier alpha value is 0.0500. The van der Waals surface area contributed by atoms with Gasteiger partial charge in [-0.25, -0.2) is 0 Å². The van der Waals surface area contributed by atoms with Gasteiger partial charge in [0.1, 0.15) is 0 Å². The molecular formula is C7H15NS. The fourth-order valence-electron chi connectivity index (χ4n) is 0.418. The first-order valence-corrected chi connectivity index (χ1v) is 4.37. The second-order valence-corrected chi connectivity index (χ2v) is 3.16. The minimum Gasteiger partial charge on any atom is -0.327 e. The van der Waals surface area contributed by atoms with Crippen LogP contribution in [-0.4, -0.2) is 17.5 Å². The summed E-state index contributed by atoms with van der Waals surface area (Å²) >= 11 is 1.87. The van der Waals surface area contributed by atoms with Gasteiger partial charge in [0.05, 0.1) is 0 Å². The summed E-state index contributed by atoms with van der Waals surface area (Å²) in [5.74, 6) is 2.16. The Labute approximate surface area is 61.7 Å². The van der Waals surface area contributed by atoms with Crippen molar-refractivity contribution in [2.75, 3.05) is 11.5 Å². The molecule has 0 fully saturated rings. The molecule has 1 atom stereocenters. The van der Waals surface area contributed by atoms with Crippen LogP contribution >= 0.6 is 11.8 Å². The average molecular weight is 145 g/mol. The highest BCUT2D eigenvalue weighted by atomic mass is 32.2. The van der Waals surface area contributed by atoms with Crippen molar-refractivity contribution in [3.05, 3.63) is 12.2 Å². The van der Waals surface area contributed by atoms with E-state index in [0.717, 1.165) is 11.5 Å². The number of hydrogen-bond donors (Lipinski definition) is 1. The van der Waals surface area contributed by atoms with E-state index in [-0.39, 0.29) is 0 Å². The van der Waals surface area contributed by atoms with E-state index in [0.29, 0.717) is 6.04 Å². The van der Waals surface area contributed by atoms with Gasteiger partial charge < -0.3 is 5.73 Å². The second-order valence-electron chi connectivity index (χ2n) is 2.08. The van der Waals surface area contributed by atoms with Crippen molar-refractivity contribution in [3.63, 3.8) is 0 Å². The zero-order chi connectivity index (χ0) is 7.11. The van der Waals surface area contributed by atoms with Crippen LogP contribution in [0, 0.1) is 0 Å². The van der Waals surface area contributed by atoms with Crippen LogP contribution in [0.3, 0.4) is 0 Å². The maximum atomic E-state index is 5.53. The van der Waals surface area contributed by atoms with Crippen LogP contribution in [0.5, 0.6) is 0 Å². The van der Waals surface area contributed by atoms with Crippen molar-refractivity contribution in [1.82, 2.24) is 0 Å². The summed E-state index contributed by atoms with van der Waals surface area (Å²) in [4.78, 5) is 0. The lowest BCUT2D eigenvalue weighted by Gasteiger charge is -2.00. The maximum absolute atomic E-state index is 5.53. The fraction of sp³-hybridized carbons (Fsp3) is 0.714. The summed E-state index contributed by atoms with van der Waals surface area (Å²) in [5, 5.41) is 0. The van der Waals surface area contributed by atoms with Crippen LogP contribution in [-0.2, 0) is 0 Å². The van der Waals surface area contributed by atoms with Gasteiger partial charge in [-0.15, -0.1) is 0 Å². The molecule has 0 spiro atoms. The highest BCUT2D eigenvalue weighted by Crippen LogP contribution is 2.00. The molecule has 1 unspecified atom stereocenters. The van der Waals surface area contributed by atoms with Gasteiger partial charge in [-0.2, -0.15) is 11.8 Å². The molecule has 0 aliphatic heterocycles. The molecule has 0 aliphatic rings. The highest BCUT2D eigenvalue weighted by molar-refractivity contribution is 7.99. The van der Waals surface area contributed by atoms with Gasteiger partial charge in [0, 0.05) is 17.5 Å². The van der Waals surface area contributed by atoms with E-state index < -0.39 is 0 Å². The lowest BCUT2D eigenvalue weighted by atomic mass is 10.4. The molecule has 0 amide bonds. The van der Waals surface area contributed by atoms with E-state index in [9.17, 15) is 0 Å². The number of allylic oxidation sites excluding steroid dienone is 1. The molecule has 0 saturated carbocycles. The molecule has 0 aromatic carbocycles. The Morgan fingerprint density at radius 1 is 1.67 bits per heavy atom. The van der Waals surface area contributed by atoms with Crippen LogP contribution in [0.1, 0.15) is 13.8 Å². The minimum absolute atomic E-state index is 0.334. The first kappa shape index (κ1) is 9.05. The third-order valence-corrected chi connectivity index (χ3v) is 2.02. The molecule has 0 aliphatic carbocycles. The summed E-state index contributed by atoms with van der Waals surface area (Å²) in [6.45, 7) is 4.06. The van der Waals surface area contributed by atoms with Gasteiger partial charge in [-0.05, 0) is 13.8 Å². The van der Waals surface area contributed by atoms with Crippen molar-refractivity contribution in [2.45, 2.75) is 19.9 Å². The van der Waals surface area contributed by atoms with Gasteiger partial charge in [0.2, 0.25) is 0 Å². The first-order valence-electron chi connectivity index (χ1n) is 3.22. The molecule has 0 heterocycles. The molecule has 0 saturated heterocycles.